The minimum atomic E-state index is -0.960. The molecule has 0 aliphatic carbocycles. The largest absolute Gasteiger partial charge is 0.480 e. The Kier molecular flexibility index (Phi) is 5.55. The molecule has 2 rings (SSSR count). The molecule has 2 aliphatic heterocycles. The second-order valence-corrected chi connectivity index (χ2v) is 5.79. The summed E-state index contributed by atoms with van der Waals surface area (Å²) in [6, 6.07) is 0. The lowest BCUT2D eigenvalue weighted by atomic mass is 9.78. The van der Waals surface area contributed by atoms with Crippen molar-refractivity contribution in [3.63, 3.8) is 0 Å². The van der Waals surface area contributed by atoms with Gasteiger partial charge in [-0.1, -0.05) is 0 Å². The van der Waals surface area contributed by atoms with Crippen LogP contribution in [0.1, 0.15) is 25.7 Å². The summed E-state index contributed by atoms with van der Waals surface area (Å²) in [6.07, 6.45) is 2.63. The molecule has 0 saturated carbocycles. The first kappa shape index (κ1) is 16.2. The quantitative estimate of drug-likeness (QED) is 0.731. The minimum absolute atomic E-state index is 0.0753. The maximum atomic E-state index is 12.7. The first-order valence-electron chi connectivity index (χ1n) is 7.48. The van der Waals surface area contributed by atoms with E-state index in [2.05, 4.69) is 0 Å². The number of hydrogen-bond donors (Lipinski definition) is 2. The third kappa shape index (κ3) is 3.93. The van der Waals surface area contributed by atoms with Crippen LogP contribution in [0, 0.1) is 5.41 Å². The number of ether oxygens (including phenoxy) is 2. The van der Waals surface area contributed by atoms with Crippen LogP contribution in [-0.4, -0.2) is 67.4 Å². The highest BCUT2D eigenvalue weighted by Crippen LogP contribution is 2.32. The predicted octanol–water partition coefficient (Wildman–Crippen LogP) is -0.166. The fraction of sp³-hybridized carbons (Fsp3) is 0.857. The first-order chi connectivity index (χ1) is 10.1. The molecular weight excluding hydrogens is 276 g/mol. The zero-order valence-electron chi connectivity index (χ0n) is 12.3. The Balaban J connectivity index is 1.86. The number of likely N-dealkylation sites (tertiary alicyclic amines) is 1. The van der Waals surface area contributed by atoms with E-state index in [0.717, 1.165) is 0 Å². The van der Waals surface area contributed by atoms with Crippen LogP contribution in [-0.2, 0) is 19.1 Å². The molecule has 2 saturated heterocycles. The lowest BCUT2D eigenvalue weighted by Gasteiger charge is -2.41. The van der Waals surface area contributed by atoms with Gasteiger partial charge in [-0.05, 0) is 25.7 Å². The van der Waals surface area contributed by atoms with Gasteiger partial charge in [-0.25, -0.2) is 4.79 Å². The number of amides is 1. The average molecular weight is 300 g/mol. The summed E-state index contributed by atoms with van der Waals surface area (Å²) in [7, 11) is 0. The van der Waals surface area contributed by atoms with Crippen molar-refractivity contribution >= 4 is 11.9 Å². The molecule has 0 atom stereocenters. The zero-order chi connectivity index (χ0) is 15.3. The molecule has 0 aromatic heterocycles. The first-order valence-corrected chi connectivity index (χ1v) is 7.48. The van der Waals surface area contributed by atoms with Gasteiger partial charge in [0, 0.05) is 32.8 Å². The summed E-state index contributed by atoms with van der Waals surface area (Å²) < 4.78 is 10.6. The minimum Gasteiger partial charge on any atom is -0.480 e. The Morgan fingerprint density at radius 1 is 1.29 bits per heavy atom. The van der Waals surface area contributed by atoms with Gasteiger partial charge in [-0.2, -0.15) is 0 Å². The van der Waals surface area contributed by atoms with E-state index < -0.39 is 11.4 Å². The number of aliphatic carboxylic acids is 1. The average Bonchev–Trinajstić information content (AvgIpc) is 2.53. The number of hydrogen-bond acceptors (Lipinski definition) is 5. The highest BCUT2D eigenvalue weighted by atomic mass is 16.5. The molecule has 2 fully saturated rings. The Morgan fingerprint density at radius 3 is 2.43 bits per heavy atom. The number of nitrogens with two attached hydrogens (primary N) is 1. The van der Waals surface area contributed by atoms with E-state index in [-0.39, 0.29) is 18.6 Å². The van der Waals surface area contributed by atoms with Crippen LogP contribution in [0.25, 0.3) is 0 Å². The molecule has 3 N–H and O–H groups in total. The molecule has 7 heteroatoms. The molecule has 2 aliphatic rings. The number of carboxylic acid groups (broad SMARTS) is 1. The summed E-state index contributed by atoms with van der Waals surface area (Å²) in [5.74, 6) is -0.845. The van der Waals surface area contributed by atoms with Crippen molar-refractivity contribution in [2.75, 3.05) is 39.5 Å². The van der Waals surface area contributed by atoms with Crippen molar-refractivity contribution in [3.8, 4) is 0 Å². The van der Waals surface area contributed by atoms with Crippen LogP contribution in [0.2, 0.25) is 0 Å². The maximum Gasteiger partial charge on any atom is 0.329 e. The van der Waals surface area contributed by atoms with Gasteiger partial charge in [0.15, 0.2) is 0 Å². The zero-order valence-corrected chi connectivity index (χ0v) is 12.3. The maximum absolute atomic E-state index is 12.7. The number of rotatable bonds is 5. The number of nitrogens with zero attached hydrogens (tertiary/aromatic N) is 1. The van der Waals surface area contributed by atoms with E-state index in [4.69, 9.17) is 20.3 Å². The van der Waals surface area contributed by atoms with Gasteiger partial charge in [0.05, 0.1) is 11.5 Å². The van der Waals surface area contributed by atoms with Crippen LogP contribution in [0.5, 0.6) is 0 Å². The highest BCUT2D eigenvalue weighted by molar-refractivity contribution is 5.83. The van der Waals surface area contributed by atoms with Crippen LogP contribution in [0.4, 0.5) is 0 Å². The topological polar surface area (TPSA) is 102 Å². The molecule has 1 amide bonds. The fourth-order valence-electron chi connectivity index (χ4n) is 3.02. The van der Waals surface area contributed by atoms with Crippen molar-refractivity contribution in [2.24, 2.45) is 11.1 Å². The Morgan fingerprint density at radius 2 is 1.90 bits per heavy atom. The molecule has 0 bridgehead atoms. The summed E-state index contributed by atoms with van der Waals surface area (Å²) >= 11 is 0. The monoisotopic (exact) mass is 300 g/mol. The Labute approximate surface area is 124 Å². The number of piperidine rings is 1. The third-order valence-corrected chi connectivity index (χ3v) is 4.47. The molecule has 21 heavy (non-hydrogen) atoms. The standard InChI is InChI=1S/C14H24N2O5/c15-10-14(3-7-20-8-4-14)13(19)16-5-1-11(2-6-16)21-9-12(17)18/h11H,1-10,15H2,(H,17,18). The van der Waals surface area contributed by atoms with Gasteiger partial charge in [0.1, 0.15) is 6.61 Å². The molecular formula is C14H24N2O5. The van der Waals surface area contributed by atoms with Crippen molar-refractivity contribution in [3.05, 3.63) is 0 Å². The summed E-state index contributed by atoms with van der Waals surface area (Å²) in [5.41, 5.74) is 5.38. The molecule has 0 aromatic rings. The van der Waals surface area contributed by atoms with Crippen LogP contribution >= 0.6 is 0 Å². The molecule has 120 valence electrons. The van der Waals surface area contributed by atoms with Crippen LogP contribution < -0.4 is 5.73 Å². The van der Waals surface area contributed by atoms with Gasteiger partial charge in [0.25, 0.3) is 0 Å². The lowest BCUT2D eigenvalue weighted by Crippen LogP contribution is -2.53. The number of carbonyl (C=O) groups excluding carboxylic acids is 1. The van der Waals surface area contributed by atoms with Crippen molar-refractivity contribution in [2.45, 2.75) is 31.8 Å². The summed E-state index contributed by atoms with van der Waals surface area (Å²) in [5, 5.41) is 8.61. The van der Waals surface area contributed by atoms with E-state index in [1.54, 1.807) is 0 Å². The molecule has 0 unspecified atom stereocenters. The van der Waals surface area contributed by atoms with E-state index in [9.17, 15) is 9.59 Å². The molecule has 0 aromatic carbocycles. The third-order valence-electron chi connectivity index (χ3n) is 4.47. The van der Waals surface area contributed by atoms with Crippen LogP contribution in [0.3, 0.4) is 0 Å². The fourth-order valence-corrected chi connectivity index (χ4v) is 3.02. The van der Waals surface area contributed by atoms with Gasteiger partial charge < -0.3 is 25.2 Å². The van der Waals surface area contributed by atoms with Crippen LogP contribution in [0.15, 0.2) is 0 Å². The molecule has 7 nitrogen and oxygen atoms in total. The Hall–Kier alpha value is -1.18. The SMILES string of the molecule is NCC1(C(=O)N2CCC(OCC(=O)O)CC2)CCOCC1. The predicted molar refractivity (Wildman–Crippen MR) is 74.7 cm³/mol. The number of carboxylic acids is 1. The van der Waals surface area contributed by atoms with E-state index in [0.29, 0.717) is 58.5 Å². The highest BCUT2D eigenvalue weighted by Gasteiger charge is 2.42. The summed E-state index contributed by atoms with van der Waals surface area (Å²) in [4.78, 5) is 25.1. The van der Waals surface area contributed by atoms with Crippen molar-refractivity contribution < 1.29 is 24.2 Å². The van der Waals surface area contributed by atoms with Crippen molar-refractivity contribution in [1.29, 1.82) is 0 Å². The Bertz CT molecular complexity index is 374. The molecule has 0 radical (unpaired) electrons. The smallest absolute Gasteiger partial charge is 0.329 e. The molecule has 0 spiro atoms. The number of carbonyl (C=O) groups is 2. The van der Waals surface area contributed by atoms with Gasteiger partial charge in [0.2, 0.25) is 5.91 Å². The van der Waals surface area contributed by atoms with Crippen molar-refractivity contribution in [1.82, 2.24) is 4.90 Å². The van der Waals surface area contributed by atoms with Gasteiger partial charge in [-0.15, -0.1) is 0 Å². The van der Waals surface area contributed by atoms with E-state index in [1.165, 1.54) is 0 Å². The van der Waals surface area contributed by atoms with E-state index >= 15 is 0 Å². The van der Waals surface area contributed by atoms with E-state index in [1.807, 2.05) is 4.90 Å². The lowest BCUT2D eigenvalue weighted by molar-refractivity contribution is -0.152. The van der Waals surface area contributed by atoms with Gasteiger partial charge in [-0.3, -0.25) is 4.79 Å². The van der Waals surface area contributed by atoms with Gasteiger partial charge >= 0.3 is 5.97 Å². The summed E-state index contributed by atoms with van der Waals surface area (Å²) in [6.45, 7) is 2.45. The second kappa shape index (κ2) is 7.20. The second-order valence-electron chi connectivity index (χ2n) is 5.79. The molecule has 2 heterocycles. The normalized spacial score (nSPS) is 23.0.